The van der Waals surface area contributed by atoms with Crippen LogP contribution in [0.4, 0.5) is 10.1 Å². The van der Waals surface area contributed by atoms with Gasteiger partial charge >= 0.3 is 0 Å². The van der Waals surface area contributed by atoms with Crippen molar-refractivity contribution in [1.82, 2.24) is 0 Å². The highest BCUT2D eigenvalue weighted by Crippen LogP contribution is 2.26. The van der Waals surface area contributed by atoms with Crippen LogP contribution in [0.2, 0.25) is 0 Å². The number of hydrogen-bond donors (Lipinski definition) is 2. The Morgan fingerprint density at radius 2 is 2.14 bits per heavy atom. The van der Waals surface area contributed by atoms with E-state index >= 15 is 0 Å². The maximum absolute atomic E-state index is 13.2. The van der Waals surface area contributed by atoms with Crippen molar-refractivity contribution in [3.8, 4) is 0 Å². The fraction of sp³-hybridized carbons (Fsp3) is 0.400. The number of hydrogen-bond acceptors (Lipinski definition) is 3. The number of halogens is 1. The molecule has 0 aliphatic heterocycles. The van der Waals surface area contributed by atoms with Crippen LogP contribution in [-0.2, 0) is 0 Å². The van der Waals surface area contributed by atoms with Crippen molar-refractivity contribution in [2.75, 3.05) is 11.5 Å². The van der Waals surface area contributed by atoms with Gasteiger partial charge in [0, 0.05) is 16.3 Å². The van der Waals surface area contributed by atoms with Gasteiger partial charge in [-0.25, -0.2) is 4.39 Å². The van der Waals surface area contributed by atoms with Crippen LogP contribution in [0.3, 0.4) is 0 Å². The average molecular weight is 215 g/mol. The molecule has 0 bridgehead atoms. The van der Waals surface area contributed by atoms with E-state index in [1.807, 2.05) is 0 Å². The molecule has 0 amide bonds. The zero-order chi connectivity index (χ0) is 10.8. The van der Waals surface area contributed by atoms with Crippen LogP contribution in [-0.4, -0.2) is 16.5 Å². The Hall–Kier alpha value is -0.740. The fourth-order valence-corrected chi connectivity index (χ4v) is 1.76. The zero-order valence-corrected chi connectivity index (χ0v) is 9.07. The fourth-order valence-electron chi connectivity index (χ4n) is 0.889. The van der Waals surface area contributed by atoms with Crippen molar-refractivity contribution < 1.29 is 9.50 Å². The van der Waals surface area contributed by atoms with Gasteiger partial charge in [-0.05, 0) is 32.0 Å². The molecule has 1 rings (SSSR count). The molecule has 3 N–H and O–H groups in total. The van der Waals surface area contributed by atoms with Crippen LogP contribution in [0, 0.1) is 5.82 Å². The minimum Gasteiger partial charge on any atom is -0.399 e. The quantitative estimate of drug-likeness (QED) is 0.600. The number of thioether (sulfide) groups is 1. The molecule has 14 heavy (non-hydrogen) atoms. The molecule has 0 atom stereocenters. The van der Waals surface area contributed by atoms with E-state index in [1.54, 1.807) is 26.0 Å². The van der Waals surface area contributed by atoms with Crippen molar-refractivity contribution in [3.05, 3.63) is 24.0 Å². The third-order valence-electron chi connectivity index (χ3n) is 1.54. The Morgan fingerprint density at radius 3 is 2.64 bits per heavy atom. The summed E-state index contributed by atoms with van der Waals surface area (Å²) in [6.45, 7) is 3.38. The summed E-state index contributed by atoms with van der Waals surface area (Å²) in [5.74, 6) is 0.118. The molecule has 0 fully saturated rings. The van der Waals surface area contributed by atoms with Gasteiger partial charge in [-0.15, -0.1) is 11.8 Å². The molecule has 1 aromatic carbocycles. The topological polar surface area (TPSA) is 46.2 Å². The van der Waals surface area contributed by atoms with E-state index in [1.165, 1.54) is 17.8 Å². The van der Waals surface area contributed by atoms with Crippen LogP contribution in [0.25, 0.3) is 0 Å². The first-order valence-corrected chi connectivity index (χ1v) is 5.27. The Kier molecular flexibility index (Phi) is 3.39. The van der Waals surface area contributed by atoms with Gasteiger partial charge < -0.3 is 10.8 Å². The van der Waals surface area contributed by atoms with Gasteiger partial charge in [0.1, 0.15) is 5.82 Å². The monoisotopic (exact) mass is 215 g/mol. The highest BCUT2D eigenvalue weighted by molar-refractivity contribution is 7.99. The van der Waals surface area contributed by atoms with Crippen molar-refractivity contribution in [1.29, 1.82) is 0 Å². The Morgan fingerprint density at radius 1 is 1.50 bits per heavy atom. The molecule has 4 heteroatoms. The molecule has 0 heterocycles. The number of aliphatic hydroxyl groups is 1. The lowest BCUT2D eigenvalue weighted by atomic mass is 10.2. The zero-order valence-electron chi connectivity index (χ0n) is 8.25. The third kappa shape index (κ3) is 3.55. The summed E-state index contributed by atoms with van der Waals surface area (Å²) in [5.41, 5.74) is 5.03. The molecule has 0 spiro atoms. The summed E-state index contributed by atoms with van der Waals surface area (Å²) in [5, 5.41) is 9.46. The lowest BCUT2D eigenvalue weighted by Gasteiger charge is -2.16. The lowest BCUT2D eigenvalue weighted by Crippen LogP contribution is -2.21. The summed E-state index contributed by atoms with van der Waals surface area (Å²) >= 11 is 1.28. The maximum Gasteiger partial charge on any atom is 0.138 e. The first kappa shape index (κ1) is 11.3. The molecule has 0 saturated carbocycles. The standard InChI is InChI=1S/C10H14FNOS/c1-10(2,13)6-14-9-4-3-7(12)5-8(9)11/h3-5,13H,6,12H2,1-2H3. The van der Waals surface area contributed by atoms with E-state index in [4.69, 9.17) is 5.73 Å². The van der Waals surface area contributed by atoms with Crippen molar-refractivity contribution in [3.63, 3.8) is 0 Å². The maximum atomic E-state index is 13.2. The lowest BCUT2D eigenvalue weighted by molar-refractivity contribution is 0.107. The highest BCUT2D eigenvalue weighted by atomic mass is 32.2. The summed E-state index contributed by atoms with van der Waals surface area (Å²) in [6, 6.07) is 4.56. The van der Waals surface area contributed by atoms with Crippen LogP contribution in [0.15, 0.2) is 23.1 Å². The van der Waals surface area contributed by atoms with Gasteiger partial charge in [0.05, 0.1) is 5.60 Å². The van der Waals surface area contributed by atoms with Gasteiger partial charge in [-0.3, -0.25) is 0 Å². The minimum absolute atomic E-state index is 0.334. The number of nitrogen functional groups attached to an aromatic ring is 1. The first-order chi connectivity index (χ1) is 6.38. The van der Waals surface area contributed by atoms with E-state index in [2.05, 4.69) is 0 Å². The van der Waals surface area contributed by atoms with E-state index in [0.29, 0.717) is 16.3 Å². The second-order valence-electron chi connectivity index (χ2n) is 3.79. The predicted molar refractivity (Wildman–Crippen MR) is 57.8 cm³/mol. The van der Waals surface area contributed by atoms with E-state index in [0.717, 1.165) is 0 Å². The van der Waals surface area contributed by atoms with Crippen LogP contribution in [0.1, 0.15) is 13.8 Å². The molecular formula is C10H14FNOS. The molecule has 0 aliphatic carbocycles. The summed E-state index contributed by atoms with van der Waals surface area (Å²) in [4.78, 5) is 0.515. The molecular weight excluding hydrogens is 201 g/mol. The molecule has 0 aromatic heterocycles. The third-order valence-corrected chi connectivity index (χ3v) is 3.03. The molecule has 0 aliphatic rings. The van der Waals surface area contributed by atoms with Crippen molar-refractivity contribution in [2.24, 2.45) is 0 Å². The van der Waals surface area contributed by atoms with E-state index in [-0.39, 0.29) is 5.82 Å². The van der Waals surface area contributed by atoms with Crippen molar-refractivity contribution >= 4 is 17.4 Å². The Labute approximate surface area is 87.3 Å². The van der Waals surface area contributed by atoms with Gasteiger partial charge in [0.25, 0.3) is 0 Å². The molecule has 78 valence electrons. The highest BCUT2D eigenvalue weighted by Gasteiger charge is 2.14. The Bertz CT molecular complexity index is 322. The Balaban J connectivity index is 2.68. The van der Waals surface area contributed by atoms with Crippen LogP contribution in [0.5, 0.6) is 0 Å². The first-order valence-electron chi connectivity index (χ1n) is 4.29. The number of rotatable bonds is 3. The molecule has 0 unspecified atom stereocenters. The van der Waals surface area contributed by atoms with Crippen LogP contribution < -0.4 is 5.73 Å². The second-order valence-corrected chi connectivity index (χ2v) is 4.81. The van der Waals surface area contributed by atoms with Gasteiger partial charge in [-0.1, -0.05) is 0 Å². The summed E-state index contributed by atoms with van der Waals surface area (Å²) in [6.07, 6.45) is 0. The normalized spacial score (nSPS) is 11.7. The number of benzene rings is 1. The molecule has 0 saturated heterocycles. The van der Waals surface area contributed by atoms with E-state index in [9.17, 15) is 9.50 Å². The van der Waals surface area contributed by atoms with Crippen molar-refractivity contribution in [2.45, 2.75) is 24.3 Å². The summed E-state index contributed by atoms with van der Waals surface area (Å²) < 4.78 is 13.2. The van der Waals surface area contributed by atoms with Gasteiger partial charge in [0.15, 0.2) is 0 Å². The van der Waals surface area contributed by atoms with Gasteiger partial charge in [0.2, 0.25) is 0 Å². The minimum atomic E-state index is -0.793. The predicted octanol–water partition coefficient (Wildman–Crippen LogP) is 2.27. The SMILES string of the molecule is CC(C)(O)CSc1ccc(N)cc1F. The molecule has 2 nitrogen and oxygen atoms in total. The second kappa shape index (κ2) is 4.19. The van der Waals surface area contributed by atoms with Crippen LogP contribution >= 0.6 is 11.8 Å². The largest absolute Gasteiger partial charge is 0.399 e. The smallest absolute Gasteiger partial charge is 0.138 e. The van der Waals surface area contributed by atoms with E-state index < -0.39 is 5.60 Å². The molecule has 1 aromatic rings. The van der Waals surface area contributed by atoms with Gasteiger partial charge in [-0.2, -0.15) is 0 Å². The molecule has 0 radical (unpaired) electrons. The average Bonchev–Trinajstić information content (AvgIpc) is 2.00. The number of nitrogens with two attached hydrogens (primary N) is 1. The summed E-state index contributed by atoms with van der Waals surface area (Å²) in [7, 11) is 0. The number of anilines is 1.